The topological polar surface area (TPSA) is 87.5 Å². The van der Waals surface area contributed by atoms with Crippen LogP contribution in [0.2, 0.25) is 0 Å². The second-order valence-electron chi connectivity index (χ2n) is 3.25. The molecule has 1 aliphatic heterocycles. The van der Waals surface area contributed by atoms with Crippen molar-refractivity contribution in [1.29, 1.82) is 10.5 Å². The summed E-state index contributed by atoms with van der Waals surface area (Å²) in [5.41, 5.74) is 0.897. The van der Waals surface area contributed by atoms with Crippen LogP contribution in [0.5, 0.6) is 0 Å². The molecule has 0 radical (unpaired) electrons. The summed E-state index contributed by atoms with van der Waals surface area (Å²) in [4.78, 5) is 0. The average Bonchev–Trinajstić information content (AvgIpc) is 2.85. The lowest BCUT2D eigenvalue weighted by Crippen LogP contribution is -2.09. The third kappa shape index (κ3) is 1.67. The van der Waals surface area contributed by atoms with Gasteiger partial charge in [0.05, 0.1) is 6.07 Å². The molecule has 0 saturated carbocycles. The van der Waals surface area contributed by atoms with Crippen LogP contribution in [-0.4, -0.2) is 21.6 Å². The largest absolute Gasteiger partial charge is 0.372 e. The zero-order valence-corrected chi connectivity index (χ0v) is 8.05. The summed E-state index contributed by atoms with van der Waals surface area (Å²) in [6, 6.07) is 3.95. The van der Waals surface area contributed by atoms with Crippen LogP contribution >= 0.6 is 0 Å². The van der Waals surface area contributed by atoms with Crippen molar-refractivity contribution >= 4 is 0 Å². The van der Waals surface area contributed by atoms with E-state index >= 15 is 0 Å². The van der Waals surface area contributed by atoms with Crippen LogP contribution in [0.4, 0.5) is 0 Å². The number of rotatable bonds is 2. The van der Waals surface area contributed by atoms with E-state index in [1.54, 1.807) is 0 Å². The molecule has 0 N–H and O–H groups in total. The fraction of sp³-hybridized carbons (Fsp3) is 0.556. The van der Waals surface area contributed by atoms with E-state index in [4.69, 9.17) is 15.3 Å². The van der Waals surface area contributed by atoms with Crippen LogP contribution in [-0.2, 0) is 11.3 Å². The van der Waals surface area contributed by atoms with Crippen molar-refractivity contribution < 1.29 is 4.74 Å². The van der Waals surface area contributed by atoms with Crippen LogP contribution in [0.1, 0.15) is 30.3 Å². The van der Waals surface area contributed by atoms with E-state index in [1.165, 1.54) is 4.68 Å². The van der Waals surface area contributed by atoms with Crippen LogP contribution < -0.4 is 0 Å². The molecule has 1 fully saturated rings. The van der Waals surface area contributed by atoms with E-state index in [0.29, 0.717) is 12.3 Å². The normalized spacial score (nSPS) is 19.7. The van der Waals surface area contributed by atoms with E-state index in [2.05, 4.69) is 10.3 Å². The number of ether oxygens (including phenoxy) is 1. The SMILES string of the molecule is N#CCn1nnc(C#N)c1C1CCCO1. The molecule has 0 spiro atoms. The Bertz CT molecular complexity index is 432. The fourth-order valence-corrected chi connectivity index (χ4v) is 1.70. The number of aromatic nitrogens is 3. The van der Waals surface area contributed by atoms with Crippen molar-refractivity contribution in [3.63, 3.8) is 0 Å². The Balaban J connectivity index is 2.37. The minimum absolute atomic E-state index is 0.101. The van der Waals surface area contributed by atoms with E-state index < -0.39 is 0 Å². The van der Waals surface area contributed by atoms with Crippen LogP contribution in [0.15, 0.2) is 0 Å². The molecule has 1 aliphatic rings. The molecular weight excluding hydrogens is 194 g/mol. The Morgan fingerprint density at radius 3 is 3.00 bits per heavy atom. The molecule has 6 heteroatoms. The summed E-state index contributed by atoms with van der Waals surface area (Å²) in [6.07, 6.45) is 1.68. The Labute approximate surface area is 86.7 Å². The first-order valence-corrected chi connectivity index (χ1v) is 4.69. The monoisotopic (exact) mass is 203 g/mol. The lowest BCUT2D eigenvalue weighted by molar-refractivity contribution is 0.105. The standard InChI is InChI=1S/C9H9N5O/c10-3-4-14-9(7(6-11)12-13-14)8-2-1-5-15-8/h8H,1-2,4-5H2. The first-order chi connectivity index (χ1) is 7.36. The number of hydrogen-bond acceptors (Lipinski definition) is 5. The van der Waals surface area contributed by atoms with E-state index in [1.807, 2.05) is 12.1 Å². The minimum Gasteiger partial charge on any atom is -0.372 e. The van der Waals surface area contributed by atoms with Crippen LogP contribution in [0.3, 0.4) is 0 Å². The number of hydrogen-bond donors (Lipinski definition) is 0. The molecule has 0 aromatic carbocycles. The number of nitrogens with zero attached hydrogens (tertiary/aromatic N) is 5. The van der Waals surface area contributed by atoms with Gasteiger partial charge >= 0.3 is 0 Å². The molecular formula is C9H9N5O. The van der Waals surface area contributed by atoms with Gasteiger partial charge in [0, 0.05) is 6.61 Å². The lowest BCUT2D eigenvalue weighted by atomic mass is 10.1. The molecule has 0 aliphatic carbocycles. The fourth-order valence-electron chi connectivity index (χ4n) is 1.70. The van der Waals surface area contributed by atoms with Crippen LogP contribution in [0.25, 0.3) is 0 Å². The van der Waals surface area contributed by atoms with Crippen molar-refractivity contribution in [1.82, 2.24) is 15.0 Å². The summed E-state index contributed by atoms with van der Waals surface area (Å²) in [5.74, 6) is 0. The quantitative estimate of drug-likeness (QED) is 0.699. The van der Waals surface area contributed by atoms with E-state index in [0.717, 1.165) is 12.8 Å². The molecule has 76 valence electrons. The summed E-state index contributed by atoms with van der Waals surface area (Å²) in [6.45, 7) is 0.789. The molecule has 1 atom stereocenters. The first-order valence-electron chi connectivity index (χ1n) is 4.69. The van der Waals surface area contributed by atoms with Crippen molar-refractivity contribution in [3.8, 4) is 12.1 Å². The Hall–Kier alpha value is -1.92. The highest BCUT2D eigenvalue weighted by Crippen LogP contribution is 2.29. The Morgan fingerprint density at radius 2 is 2.40 bits per heavy atom. The smallest absolute Gasteiger partial charge is 0.188 e. The summed E-state index contributed by atoms with van der Waals surface area (Å²) >= 11 is 0. The van der Waals surface area contributed by atoms with Gasteiger partial charge in [-0.25, -0.2) is 4.68 Å². The van der Waals surface area contributed by atoms with Crippen LogP contribution in [0, 0.1) is 22.7 Å². The maximum Gasteiger partial charge on any atom is 0.188 e. The third-order valence-electron chi connectivity index (χ3n) is 2.33. The van der Waals surface area contributed by atoms with E-state index in [-0.39, 0.29) is 18.3 Å². The molecule has 15 heavy (non-hydrogen) atoms. The average molecular weight is 203 g/mol. The van der Waals surface area contributed by atoms with Crippen molar-refractivity contribution in [2.75, 3.05) is 6.61 Å². The molecule has 2 heterocycles. The maximum absolute atomic E-state index is 8.86. The molecule has 0 bridgehead atoms. The molecule has 0 amide bonds. The highest BCUT2D eigenvalue weighted by Gasteiger charge is 2.26. The highest BCUT2D eigenvalue weighted by molar-refractivity contribution is 5.27. The third-order valence-corrected chi connectivity index (χ3v) is 2.33. The molecule has 1 aromatic heterocycles. The predicted molar refractivity (Wildman–Crippen MR) is 48.3 cm³/mol. The van der Waals surface area contributed by atoms with E-state index in [9.17, 15) is 0 Å². The lowest BCUT2D eigenvalue weighted by Gasteiger charge is -2.09. The van der Waals surface area contributed by atoms with Gasteiger partial charge in [-0.1, -0.05) is 5.21 Å². The first kappa shape index (κ1) is 9.63. The van der Waals surface area contributed by atoms with Gasteiger partial charge in [0.15, 0.2) is 5.69 Å². The van der Waals surface area contributed by atoms with Crippen molar-refractivity contribution in [2.24, 2.45) is 0 Å². The number of nitriles is 2. The minimum atomic E-state index is -0.136. The molecule has 2 rings (SSSR count). The van der Waals surface area contributed by atoms with Crippen molar-refractivity contribution in [2.45, 2.75) is 25.5 Å². The zero-order valence-electron chi connectivity index (χ0n) is 8.05. The van der Waals surface area contributed by atoms with Gasteiger partial charge in [-0.05, 0) is 12.8 Å². The van der Waals surface area contributed by atoms with Gasteiger partial charge in [-0.15, -0.1) is 5.10 Å². The van der Waals surface area contributed by atoms with Gasteiger partial charge in [-0.3, -0.25) is 0 Å². The second-order valence-corrected chi connectivity index (χ2v) is 3.25. The van der Waals surface area contributed by atoms with Gasteiger partial charge in [0.25, 0.3) is 0 Å². The Kier molecular flexibility index (Phi) is 2.61. The van der Waals surface area contributed by atoms with Gasteiger partial charge in [0.1, 0.15) is 24.4 Å². The molecule has 1 saturated heterocycles. The second kappa shape index (κ2) is 4.07. The molecule has 1 unspecified atom stereocenters. The predicted octanol–water partition coefficient (Wildman–Crippen LogP) is 0.525. The Morgan fingerprint density at radius 1 is 1.53 bits per heavy atom. The molecule has 1 aromatic rings. The van der Waals surface area contributed by atoms with Gasteiger partial charge < -0.3 is 4.74 Å². The summed E-state index contributed by atoms with van der Waals surface area (Å²) in [5, 5.41) is 24.9. The maximum atomic E-state index is 8.86. The highest BCUT2D eigenvalue weighted by atomic mass is 16.5. The summed E-state index contributed by atoms with van der Waals surface area (Å²) < 4.78 is 6.90. The molecule has 6 nitrogen and oxygen atoms in total. The van der Waals surface area contributed by atoms with Gasteiger partial charge in [-0.2, -0.15) is 10.5 Å². The summed E-state index contributed by atoms with van der Waals surface area (Å²) in [7, 11) is 0. The van der Waals surface area contributed by atoms with Gasteiger partial charge in [0.2, 0.25) is 0 Å². The zero-order chi connectivity index (χ0) is 10.7. The van der Waals surface area contributed by atoms with Crippen molar-refractivity contribution in [3.05, 3.63) is 11.4 Å².